The van der Waals surface area contributed by atoms with E-state index >= 15 is 0 Å². The molecule has 0 amide bonds. The first kappa shape index (κ1) is 24.0. The Balaban J connectivity index is 2.93. The van der Waals surface area contributed by atoms with Gasteiger partial charge in [-0.2, -0.15) is 0 Å². The van der Waals surface area contributed by atoms with Crippen molar-refractivity contribution in [3.8, 4) is 0 Å². The highest BCUT2D eigenvalue weighted by molar-refractivity contribution is 4.64. The maximum Gasteiger partial charge on any atom is -0.0386 e. The Morgan fingerprint density at radius 3 is 1.12 bits per heavy atom. The van der Waals surface area contributed by atoms with E-state index in [9.17, 15) is 0 Å². The summed E-state index contributed by atoms with van der Waals surface area (Å²) >= 11 is 0. The normalized spacial score (nSPS) is 11.2. The van der Waals surface area contributed by atoms with Crippen LogP contribution in [0.4, 0.5) is 0 Å². The van der Waals surface area contributed by atoms with Crippen LogP contribution in [0.5, 0.6) is 0 Å². The average molecular weight is 337 g/mol. The summed E-state index contributed by atoms with van der Waals surface area (Å²) in [6.45, 7) is 6.17. The molecule has 0 N–H and O–H groups in total. The third kappa shape index (κ3) is 22.0. The molecule has 0 aliphatic rings. The highest BCUT2D eigenvalue weighted by Crippen LogP contribution is 2.14. The Bertz CT molecular complexity index is 174. The van der Waals surface area contributed by atoms with E-state index in [1.165, 1.54) is 128 Å². The van der Waals surface area contributed by atoms with Crippen molar-refractivity contribution in [2.45, 2.75) is 142 Å². The SMILES string of the molecule is [CH2]CC[CH]CCCCCCCCCCCCCCCCCCCC. The Hall–Kier alpha value is 0. The van der Waals surface area contributed by atoms with Crippen molar-refractivity contribution >= 4 is 0 Å². The summed E-state index contributed by atoms with van der Waals surface area (Å²) in [6, 6.07) is 0. The summed E-state index contributed by atoms with van der Waals surface area (Å²) in [5, 5.41) is 0. The van der Waals surface area contributed by atoms with Crippen LogP contribution in [-0.4, -0.2) is 0 Å². The monoisotopic (exact) mass is 336 g/mol. The van der Waals surface area contributed by atoms with Crippen LogP contribution in [0.25, 0.3) is 0 Å². The molecule has 0 aromatic heterocycles. The fourth-order valence-electron chi connectivity index (χ4n) is 3.48. The van der Waals surface area contributed by atoms with Gasteiger partial charge < -0.3 is 0 Å². The quantitative estimate of drug-likeness (QED) is 0.183. The molecule has 0 bridgehead atoms. The number of rotatable bonds is 21. The fourth-order valence-corrected chi connectivity index (χ4v) is 3.48. The second-order valence-electron chi connectivity index (χ2n) is 7.73. The first-order valence-corrected chi connectivity index (χ1v) is 11.5. The van der Waals surface area contributed by atoms with E-state index in [1.807, 2.05) is 0 Å². The molecule has 0 aliphatic heterocycles. The van der Waals surface area contributed by atoms with Crippen molar-refractivity contribution in [1.29, 1.82) is 0 Å². The van der Waals surface area contributed by atoms with Gasteiger partial charge in [-0.05, 0) is 6.42 Å². The molecule has 0 heteroatoms. The molecule has 0 heterocycles. The van der Waals surface area contributed by atoms with Gasteiger partial charge in [-0.25, -0.2) is 0 Å². The molecule has 24 heavy (non-hydrogen) atoms. The maximum absolute atomic E-state index is 3.87. The standard InChI is InChI=1S/C24H48/c1-3-5-7-9-11-13-15-17-19-21-23-24-22-20-18-16-14-12-10-8-6-4-2/h7H,1,3-6,8-24H2,2H3. The van der Waals surface area contributed by atoms with Crippen LogP contribution in [0.2, 0.25) is 0 Å². The maximum atomic E-state index is 3.87. The molecule has 2 radical (unpaired) electrons. The number of hydrogen-bond acceptors (Lipinski definition) is 0. The molecule has 0 aromatic rings. The zero-order valence-corrected chi connectivity index (χ0v) is 17.1. The first-order chi connectivity index (χ1) is 11.9. The summed E-state index contributed by atoms with van der Waals surface area (Å²) in [5.41, 5.74) is 0. The summed E-state index contributed by atoms with van der Waals surface area (Å²) in [6.07, 6.45) is 32.3. The molecule has 0 aromatic carbocycles. The third-order valence-electron chi connectivity index (χ3n) is 5.17. The van der Waals surface area contributed by atoms with Crippen LogP contribution in [0, 0.1) is 13.3 Å². The molecule has 0 spiro atoms. The summed E-state index contributed by atoms with van der Waals surface area (Å²) in [7, 11) is 0. The summed E-state index contributed by atoms with van der Waals surface area (Å²) in [4.78, 5) is 0. The van der Waals surface area contributed by atoms with Crippen molar-refractivity contribution < 1.29 is 0 Å². The average Bonchev–Trinajstić information content (AvgIpc) is 2.60. The topological polar surface area (TPSA) is 0 Å². The molecular weight excluding hydrogens is 288 g/mol. The summed E-state index contributed by atoms with van der Waals surface area (Å²) < 4.78 is 0. The molecule has 0 fully saturated rings. The lowest BCUT2D eigenvalue weighted by molar-refractivity contribution is 0.524. The van der Waals surface area contributed by atoms with E-state index < -0.39 is 0 Å². The Morgan fingerprint density at radius 1 is 0.458 bits per heavy atom. The third-order valence-corrected chi connectivity index (χ3v) is 5.17. The lowest BCUT2D eigenvalue weighted by Gasteiger charge is -2.04. The lowest BCUT2D eigenvalue weighted by Crippen LogP contribution is -1.84. The van der Waals surface area contributed by atoms with Gasteiger partial charge in [0.2, 0.25) is 0 Å². The van der Waals surface area contributed by atoms with E-state index in [0.29, 0.717) is 0 Å². The van der Waals surface area contributed by atoms with E-state index in [-0.39, 0.29) is 0 Å². The van der Waals surface area contributed by atoms with Crippen LogP contribution < -0.4 is 0 Å². The Kier molecular flexibility index (Phi) is 23.0. The predicted octanol–water partition coefficient (Wildman–Crippen LogP) is 9.24. The highest BCUT2D eigenvalue weighted by Gasteiger charge is 1.95. The van der Waals surface area contributed by atoms with E-state index in [1.54, 1.807) is 0 Å². The predicted molar refractivity (Wildman–Crippen MR) is 112 cm³/mol. The second kappa shape index (κ2) is 23.0. The van der Waals surface area contributed by atoms with Crippen molar-refractivity contribution in [2.75, 3.05) is 0 Å². The smallest absolute Gasteiger partial charge is 0.0386 e. The van der Waals surface area contributed by atoms with Crippen LogP contribution >= 0.6 is 0 Å². The van der Waals surface area contributed by atoms with Gasteiger partial charge in [-0.1, -0.05) is 149 Å². The molecule has 0 unspecified atom stereocenters. The highest BCUT2D eigenvalue weighted by atomic mass is 14.0. The van der Waals surface area contributed by atoms with Gasteiger partial charge in [0.25, 0.3) is 0 Å². The first-order valence-electron chi connectivity index (χ1n) is 11.5. The van der Waals surface area contributed by atoms with Crippen molar-refractivity contribution in [3.05, 3.63) is 13.3 Å². The molecule has 0 rings (SSSR count). The van der Waals surface area contributed by atoms with Gasteiger partial charge >= 0.3 is 0 Å². The number of hydrogen-bond donors (Lipinski definition) is 0. The summed E-state index contributed by atoms with van der Waals surface area (Å²) in [5.74, 6) is 0. The van der Waals surface area contributed by atoms with Crippen molar-refractivity contribution in [2.24, 2.45) is 0 Å². The van der Waals surface area contributed by atoms with Gasteiger partial charge in [0.15, 0.2) is 0 Å². The van der Waals surface area contributed by atoms with Crippen LogP contribution in [0.1, 0.15) is 142 Å². The molecular formula is C24H48. The largest absolute Gasteiger partial charge is 0.0654 e. The van der Waals surface area contributed by atoms with Gasteiger partial charge in [0, 0.05) is 0 Å². The zero-order valence-electron chi connectivity index (χ0n) is 17.1. The Morgan fingerprint density at radius 2 is 0.792 bits per heavy atom. The zero-order chi connectivity index (χ0) is 17.6. The minimum atomic E-state index is 1.07. The van der Waals surface area contributed by atoms with Crippen molar-refractivity contribution in [1.82, 2.24) is 0 Å². The van der Waals surface area contributed by atoms with E-state index in [2.05, 4.69) is 20.3 Å². The Labute approximate surface area is 155 Å². The van der Waals surface area contributed by atoms with Crippen molar-refractivity contribution in [3.63, 3.8) is 0 Å². The van der Waals surface area contributed by atoms with E-state index in [4.69, 9.17) is 0 Å². The minimum Gasteiger partial charge on any atom is -0.0654 e. The molecule has 0 saturated carbocycles. The van der Waals surface area contributed by atoms with Crippen LogP contribution in [0.15, 0.2) is 0 Å². The number of unbranched alkanes of at least 4 members (excludes halogenated alkanes) is 21. The molecule has 0 atom stereocenters. The van der Waals surface area contributed by atoms with Gasteiger partial charge in [0.1, 0.15) is 0 Å². The second-order valence-corrected chi connectivity index (χ2v) is 7.73. The minimum absolute atomic E-state index is 1.07. The lowest BCUT2D eigenvalue weighted by atomic mass is 10.0. The van der Waals surface area contributed by atoms with Crippen LogP contribution in [-0.2, 0) is 0 Å². The van der Waals surface area contributed by atoms with Gasteiger partial charge in [-0.3, -0.25) is 0 Å². The van der Waals surface area contributed by atoms with Gasteiger partial charge in [0.05, 0.1) is 0 Å². The molecule has 0 nitrogen and oxygen atoms in total. The molecule has 0 saturated heterocycles. The fraction of sp³-hybridized carbons (Fsp3) is 0.917. The van der Waals surface area contributed by atoms with Crippen LogP contribution in [0.3, 0.4) is 0 Å². The van der Waals surface area contributed by atoms with Gasteiger partial charge in [-0.15, -0.1) is 0 Å². The van der Waals surface area contributed by atoms with E-state index in [0.717, 1.165) is 6.42 Å². The molecule has 144 valence electrons. The molecule has 0 aliphatic carbocycles.